The first kappa shape index (κ1) is 13.3. The molecule has 94 valence electrons. The highest BCUT2D eigenvalue weighted by Gasteiger charge is 2.28. The summed E-state index contributed by atoms with van der Waals surface area (Å²) in [6, 6.07) is 6.50. The van der Waals surface area contributed by atoms with E-state index in [2.05, 4.69) is 27.3 Å². The van der Waals surface area contributed by atoms with E-state index in [1.807, 2.05) is 19.1 Å². The molecule has 0 radical (unpaired) electrons. The lowest BCUT2D eigenvalue weighted by Crippen LogP contribution is -2.45. The van der Waals surface area contributed by atoms with Crippen molar-refractivity contribution in [3.63, 3.8) is 0 Å². The van der Waals surface area contributed by atoms with E-state index in [0.717, 1.165) is 35.5 Å². The molecule has 1 aromatic carbocycles. The Morgan fingerprint density at radius 2 is 2.24 bits per heavy atom. The fourth-order valence-corrected chi connectivity index (χ4v) is 2.85. The fraction of sp³-hybridized carbons (Fsp3) is 0.538. The lowest BCUT2D eigenvalue weighted by Gasteiger charge is -2.35. The van der Waals surface area contributed by atoms with Crippen molar-refractivity contribution in [2.75, 3.05) is 6.61 Å². The summed E-state index contributed by atoms with van der Waals surface area (Å²) in [7, 11) is 0. The lowest BCUT2D eigenvalue weighted by atomic mass is 9.89. The summed E-state index contributed by atoms with van der Waals surface area (Å²) in [4.78, 5) is 0. The van der Waals surface area contributed by atoms with Gasteiger partial charge in [0.05, 0.1) is 6.10 Å². The number of hydrogen-bond donors (Lipinski definition) is 1. The van der Waals surface area contributed by atoms with Crippen LogP contribution >= 0.6 is 27.5 Å². The Morgan fingerprint density at radius 1 is 1.47 bits per heavy atom. The van der Waals surface area contributed by atoms with E-state index < -0.39 is 0 Å². The average molecular weight is 319 g/mol. The van der Waals surface area contributed by atoms with Crippen LogP contribution in [-0.4, -0.2) is 18.8 Å². The summed E-state index contributed by atoms with van der Waals surface area (Å²) in [5.41, 5.74) is 1.24. The Balaban J connectivity index is 1.76. The van der Waals surface area contributed by atoms with E-state index >= 15 is 0 Å². The molecule has 1 fully saturated rings. The molecule has 0 amide bonds. The van der Waals surface area contributed by atoms with Crippen molar-refractivity contribution in [1.29, 1.82) is 0 Å². The van der Waals surface area contributed by atoms with Crippen LogP contribution in [-0.2, 0) is 11.3 Å². The molecular weight excluding hydrogens is 302 g/mol. The molecule has 17 heavy (non-hydrogen) atoms. The van der Waals surface area contributed by atoms with E-state index in [4.69, 9.17) is 16.3 Å². The van der Waals surface area contributed by atoms with Gasteiger partial charge in [0, 0.05) is 28.7 Å². The first-order valence-corrected chi connectivity index (χ1v) is 7.15. The molecule has 4 heteroatoms. The number of nitrogens with one attached hydrogen (secondary N) is 1. The Morgan fingerprint density at radius 3 is 2.88 bits per heavy atom. The van der Waals surface area contributed by atoms with Crippen molar-refractivity contribution in [1.82, 2.24) is 5.32 Å². The third kappa shape index (κ3) is 3.68. The van der Waals surface area contributed by atoms with Crippen LogP contribution in [0.2, 0.25) is 5.02 Å². The van der Waals surface area contributed by atoms with Gasteiger partial charge >= 0.3 is 0 Å². The molecule has 0 spiro atoms. The molecule has 0 heterocycles. The van der Waals surface area contributed by atoms with Crippen LogP contribution < -0.4 is 5.32 Å². The molecule has 1 N–H and O–H groups in total. The molecule has 0 saturated heterocycles. The molecule has 0 unspecified atom stereocenters. The summed E-state index contributed by atoms with van der Waals surface area (Å²) < 4.78 is 6.60. The summed E-state index contributed by atoms with van der Waals surface area (Å²) in [6.07, 6.45) is 2.71. The highest BCUT2D eigenvalue weighted by Crippen LogP contribution is 2.25. The van der Waals surface area contributed by atoms with E-state index in [-0.39, 0.29) is 0 Å². The molecule has 0 atom stereocenters. The van der Waals surface area contributed by atoms with Crippen LogP contribution in [0.5, 0.6) is 0 Å². The molecule has 1 aromatic rings. The van der Waals surface area contributed by atoms with Gasteiger partial charge in [-0.2, -0.15) is 0 Å². The first-order valence-electron chi connectivity index (χ1n) is 5.98. The van der Waals surface area contributed by atoms with Crippen LogP contribution in [0, 0.1) is 0 Å². The van der Waals surface area contributed by atoms with Gasteiger partial charge < -0.3 is 10.1 Å². The van der Waals surface area contributed by atoms with Gasteiger partial charge in [-0.05, 0) is 37.5 Å². The third-order valence-electron chi connectivity index (χ3n) is 3.09. The van der Waals surface area contributed by atoms with E-state index in [0.29, 0.717) is 12.1 Å². The van der Waals surface area contributed by atoms with Crippen LogP contribution in [0.3, 0.4) is 0 Å². The first-order chi connectivity index (χ1) is 8.19. The predicted octanol–water partition coefficient (Wildman–Crippen LogP) is 3.76. The maximum atomic E-state index is 5.91. The molecule has 2 nitrogen and oxygen atoms in total. The van der Waals surface area contributed by atoms with Crippen molar-refractivity contribution in [2.24, 2.45) is 0 Å². The van der Waals surface area contributed by atoms with Gasteiger partial charge in [0.1, 0.15) is 0 Å². The van der Waals surface area contributed by atoms with E-state index in [1.165, 1.54) is 5.56 Å². The minimum atomic E-state index is 0.464. The van der Waals surface area contributed by atoms with E-state index in [9.17, 15) is 0 Å². The molecule has 0 aliphatic heterocycles. The summed E-state index contributed by atoms with van der Waals surface area (Å²) in [5.74, 6) is 0. The average Bonchev–Trinajstić information content (AvgIpc) is 2.23. The number of ether oxygens (including phenoxy) is 1. The second kappa shape index (κ2) is 6.19. The Bertz CT molecular complexity index is 380. The second-order valence-corrected chi connectivity index (χ2v) is 5.65. The third-order valence-corrected chi connectivity index (χ3v) is 4.07. The predicted molar refractivity (Wildman–Crippen MR) is 74.4 cm³/mol. The molecular formula is C13H17BrClNO. The Labute approximate surface area is 116 Å². The number of rotatable bonds is 5. The maximum Gasteiger partial charge on any atom is 0.0604 e. The second-order valence-electron chi connectivity index (χ2n) is 4.36. The van der Waals surface area contributed by atoms with Crippen molar-refractivity contribution in [3.05, 3.63) is 33.3 Å². The van der Waals surface area contributed by atoms with Gasteiger partial charge in [0.25, 0.3) is 0 Å². The largest absolute Gasteiger partial charge is 0.378 e. The van der Waals surface area contributed by atoms with Crippen molar-refractivity contribution < 1.29 is 4.74 Å². The molecule has 1 aliphatic carbocycles. The van der Waals surface area contributed by atoms with Gasteiger partial charge in [-0.25, -0.2) is 0 Å². The van der Waals surface area contributed by atoms with Gasteiger partial charge in [-0.15, -0.1) is 0 Å². The Hall–Kier alpha value is -0.0900. The summed E-state index contributed by atoms with van der Waals surface area (Å²) in [5, 5.41) is 4.30. The van der Waals surface area contributed by atoms with Gasteiger partial charge in [-0.3, -0.25) is 0 Å². The monoisotopic (exact) mass is 317 g/mol. The van der Waals surface area contributed by atoms with Gasteiger partial charge in [0.2, 0.25) is 0 Å². The minimum absolute atomic E-state index is 0.464. The SMILES string of the molecule is CCOC1CC(NCc2ccc(Cl)cc2Br)C1. The molecule has 1 saturated carbocycles. The highest BCUT2D eigenvalue weighted by molar-refractivity contribution is 9.10. The number of hydrogen-bond acceptors (Lipinski definition) is 2. The van der Waals surface area contributed by atoms with Gasteiger partial charge in [-0.1, -0.05) is 33.6 Å². The molecule has 1 aliphatic rings. The van der Waals surface area contributed by atoms with Crippen molar-refractivity contribution in [3.8, 4) is 0 Å². The smallest absolute Gasteiger partial charge is 0.0604 e. The molecule has 0 aromatic heterocycles. The van der Waals surface area contributed by atoms with E-state index in [1.54, 1.807) is 0 Å². The Kier molecular flexibility index (Phi) is 4.86. The zero-order valence-electron chi connectivity index (χ0n) is 9.88. The number of halogens is 2. The fourth-order valence-electron chi connectivity index (χ4n) is 2.02. The topological polar surface area (TPSA) is 21.3 Å². The lowest BCUT2D eigenvalue weighted by molar-refractivity contribution is -0.0102. The summed E-state index contributed by atoms with van der Waals surface area (Å²) in [6.45, 7) is 3.74. The van der Waals surface area contributed by atoms with Crippen molar-refractivity contribution in [2.45, 2.75) is 38.5 Å². The van der Waals surface area contributed by atoms with Crippen LogP contribution in [0.4, 0.5) is 0 Å². The van der Waals surface area contributed by atoms with Crippen LogP contribution in [0.25, 0.3) is 0 Å². The molecule has 0 bridgehead atoms. The number of benzene rings is 1. The molecule has 2 rings (SSSR count). The maximum absolute atomic E-state index is 5.91. The standard InChI is InChI=1S/C13H17BrClNO/c1-2-17-12-6-11(7-12)16-8-9-3-4-10(15)5-13(9)14/h3-5,11-12,16H,2,6-8H2,1H3. The minimum Gasteiger partial charge on any atom is -0.378 e. The normalized spacial score (nSPS) is 23.5. The van der Waals surface area contributed by atoms with Crippen LogP contribution in [0.1, 0.15) is 25.3 Å². The van der Waals surface area contributed by atoms with Crippen LogP contribution in [0.15, 0.2) is 22.7 Å². The zero-order chi connectivity index (χ0) is 12.3. The van der Waals surface area contributed by atoms with Crippen molar-refractivity contribution >= 4 is 27.5 Å². The van der Waals surface area contributed by atoms with Gasteiger partial charge in [0.15, 0.2) is 0 Å². The zero-order valence-corrected chi connectivity index (χ0v) is 12.2. The quantitative estimate of drug-likeness (QED) is 0.892. The highest BCUT2D eigenvalue weighted by atomic mass is 79.9. The summed E-state index contributed by atoms with van der Waals surface area (Å²) >= 11 is 9.43.